The van der Waals surface area contributed by atoms with Gasteiger partial charge < -0.3 is 54.6 Å². The lowest BCUT2D eigenvalue weighted by atomic mass is 9.61. The fourth-order valence-electron chi connectivity index (χ4n) is 9.45. The number of carboxylic acid groups (broad SMARTS) is 1. The summed E-state index contributed by atoms with van der Waals surface area (Å²) in [4.78, 5) is 28.1. The van der Waals surface area contributed by atoms with E-state index in [2.05, 4.69) is 24.6 Å². The second kappa shape index (κ2) is 14.2. The lowest BCUT2D eigenvalue weighted by molar-refractivity contribution is -0.434. The second-order valence-electron chi connectivity index (χ2n) is 14.6. The maximum Gasteiger partial charge on any atom is 0.333 e. The number of hydrogen-bond acceptors (Lipinski definition) is 11. The van der Waals surface area contributed by atoms with Crippen LogP contribution in [0.15, 0.2) is 30.4 Å². The number of aliphatic hydroxyl groups excluding tert-OH is 4. The van der Waals surface area contributed by atoms with E-state index in [1.165, 1.54) is 32.1 Å². The van der Waals surface area contributed by atoms with E-state index in [0.29, 0.717) is 30.1 Å². The molecule has 3 fully saturated rings. The van der Waals surface area contributed by atoms with Crippen molar-refractivity contribution in [3.8, 4) is 0 Å². The Morgan fingerprint density at radius 3 is 2.58 bits per heavy atom. The summed E-state index contributed by atoms with van der Waals surface area (Å²) in [6.45, 7) is 4.36. The van der Waals surface area contributed by atoms with Gasteiger partial charge >= 0.3 is 11.9 Å². The van der Waals surface area contributed by atoms with Crippen molar-refractivity contribution < 1.29 is 59.2 Å². The number of fused-ring (bicyclic) bond motifs is 2. The number of carboxylic acids is 1. The summed E-state index contributed by atoms with van der Waals surface area (Å²) in [6.07, 6.45) is 3.98. The van der Waals surface area contributed by atoms with Crippen LogP contribution in [0, 0.1) is 17.8 Å². The lowest BCUT2D eigenvalue weighted by Gasteiger charge is -2.64. The maximum absolute atomic E-state index is 12.6. The van der Waals surface area contributed by atoms with Crippen molar-refractivity contribution in [2.24, 2.45) is 17.8 Å². The number of nitrogens with one attached hydrogen (secondary N) is 1. The summed E-state index contributed by atoms with van der Waals surface area (Å²) >= 11 is 0. The number of rotatable bonds is 13. The van der Waals surface area contributed by atoms with Crippen molar-refractivity contribution in [2.75, 3.05) is 26.9 Å². The van der Waals surface area contributed by atoms with Gasteiger partial charge in [-0.15, -0.1) is 6.58 Å². The maximum atomic E-state index is 12.6. The molecule has 1 aromatic heterocycles. The Kier molecular flexibility index (Phi) is 10.4. The molecule has 9 atom stereocenters. The topological polar surface area (TPSA) is 208 Å². The molecule has 276 valence electrons. The molecule has 0 radical (unpaired) electrons. The summed E-state index contributed by atoms with van der Waals surface area (Å²) in [5.74, 6) is -4.62. The van der Waals surface area contributed by atoms with Gasteiger partial charge in [0.1, 0.15) is 24.6 Å². The average Bonchev–Trinajstić information content (AvgIpc) is 3.81. The highest BCUT2D eigenvalue weighted by atomic mass is 16.7. The number of esters is 1. The largest absolute Gasteiger partial charge is 0.481 e. The van der Waals surface area contributed by atoms with E-state index >= 15 is 0 Å². The predicted molar refractivity (Wildman–Crippen MR) is 178 cm³/mol. The molecule has 5 aliphatic rings. The third kappa shape index (κ3) is 5.65. The number of H-pyrrole nitrogens is 1. The van der Waals surface area contributed by atoms with Gasteiger partial charge in [-0.1, -0.05) is 31.9 Å². The molecule has 0 aromatic carbocycles. The minimum atomic E-state index is -2.29. The van der Waals surface area contributed by atoms with Crippen LogP contribution in [0.1, 0.15) is 82.7 Å². The molecule has 13 nitrogen and oxygen atoms in total. The van der Waals surface area contributed by atoms with Crippen LogP contribution in [0.3, 0.4) is 0 Å². The van der Waals surface area contributed by atoms with Crippen molar-refractivity contribution in [3.05, 3.63) is 46.6 Å². The Balaban J connectivity index is 1.43. The smallest absolute Gasteiger partial charge is 0.333 e. The minimum absolute atomic E-state index is 0.0467. The molecule has 50 heavy (non-hydrogen) atoms. The normalized spacial score (nSPS) is 35.8. The molecular weight excluding hydrogens is 650 g/mol. The van der Waals surface area contributed by atoms with Gasteiger partial charge in [-0.25, -0.2) is 4.79 Å². The third-order valence-electron chi connectivity index (χ3n) is 12.1. The number of hydrogen-bond donors (Lipinski definition) is 7. The van der Waals surface area contributed by atoms with Crippen molar-refractivity contribution in [3.63, 3.8) is 0 Å². The molecule has 13 heteroatoms. The third-order valence-corrected chi connectivity index (χ3v) is 12.1. The van der Waals surface area contributed by atoms with Crippen LogP contribution in [0.4, 0.5) is 0 Å². The standard InChI is InChI=1S/C37H51NO12/c1-4-22-24(17-31(42)43)23(33(44)47-3)11-12-28(22)48-36(19-41)35(46)14-13-26-25-16-27(20(2)21-8-5-6-9-21)38-32(25)29(10-7-15-39)49-37(26,34(35)45)30(18-40)50-36/h4,11,16,20-22,24,28,30,34,38-41,45-46H,1,5-10,12-15,17-19H2,2-3H3,(H,42,43)/t20-,22-,24+,28-,30-,34-,35-,36-,37-/m1/s1. The minimum Gasteiger partial charge on any atom is -0.481 e. The van der Waals surface area contributed by atoms with E-state index < -0.39 is 78.7 Å². The first-order chi connectivity index (χ1) is 23.9. The van der Waals surface area contributed by atoms with Crippen LogP contribution < -0.4 is 10.6 Å². The van der Waals surface area contributed by atoms with Crippen LogP contribution >= 0.6 is 0 Å². The summed E-state index contributed by atoms with van der Waals surface area (Å²) < 4.78 is 24.6. The molecule has 0 amide bonds. The van der Waals surface area contributed by atoms with Gasteiger partial charge in [-0.05, 0) is 62.0 Å². The van der Waals surface area contributed by atoms with E-state index in [1.54, 1.807) is 0 Å². The number of aromatic nitrogens is 1. The number of aliphatic hydroxyl groups is 5. The van der Waals surface area contributed by atoms with Gasteiger partial charge in [0.2, 0.25) is 5.79 Å². The van der Waals surface area contributed by atoms with Crippen molar-refractivity contribution >= 4 is 23.3 Å². The molecule has 1 saturated heterocycles. The summed E-state index contributed by atoms with van der Waals surface area (Å²) in [6, 6.07) is 2.08. The molecule has 1 spiro atoms. The molecule has 6 rings (SSSR count). The van der Waals surface area contributed by atoms with E-state index in [9.17, 15) is 40.2 Å². The Labute approximate surface area is 290 Å². The van der Waals surface area contributed by atoms with Crippen molar-refractivity contribution in [1.29, 1.82) is 0 Å². The molecule has 3 heterocycles. The first-order valence-electron chi connectivity index (χ1n) is 17.8. The fourth-order valence-corrected chi connectivity index (χ4v) is 9.45. The zero-order valence-corrected chi connectivity index (χ0v) is 28.8. The summed E-state index contributed by atoms with van der Waals surface area (Å²) in [7, 11) is 1.20. The van der Waals surface area contributed by atoms with Crippen molar-refractivity contribution in [1.82, 2.24) is 4.98 Å². The zero-order chi connectivity index (χ0) is 36.0. The van der Waals surface area contributed by atoms with Crippen molar-refractivity contribution in [2.45, 2.75) is 112 Å². The molecule has 1 aromatic rings. The van der Waals surface area contributed by atoms with Gasteiger partial charge in [0.15, 0.2) is 11.2 Å². The van der Waals surface area contributed by atoms with Crippen LogP contribution in [-0.2, 0) is 28.5 Å². The second-order valence-corrected chi connectivity index (χ2v) is 14.6. The molecule has 3 aliphatic carbocycles. The highest BCUT2D eigenvalue weighted by Gasteiger charge is 2.75. The highest BCUT2D eigenvalue weighted by Crippen LogP contribution is 2.57. The van der Waals surface area contributed by atoms with Gasteiger partial charge in [0.25, 0.3) is 0 Å². The summed E-state index contributed by atoms with van der Waals surface area (Å²) in [5.41, 5.74) is -2.20. The van der Waals surface area contributed by atoms with E-state index in [1.807, 2.05) is 0 Å². The average molecular weight is 702 g/mol. The number of aromatic amines is 1. The first kappa shape index (κ1) is 36.7. The number of carbonyl (C=O) groups is 2. The van der Waals surface area contributed by atoms with Gasteiger partial charge in [-0.2, -0.15) is 0 Å². The molecule has 0 unspecified atom stereocenters. The lowest BCUT2D eigenvalue weighted by Crippen LogP contribution is -2.83. The number of ether oxygens (including phenoxy) is 4. The SMILES string of the molecule is C=C[C@@H]1[C@H](CC(=O)O)C(C(=O)OC)=CC[C@H]1O[C@]1(CO)O[C@H](CO)[C@]23OC(CCCO)=c4[nH]c([C@H](C)C5CCCC5)cc4=C2CC[C@@]1(O)[C@H]3O. The quantitative estimate of drug-likeness (QED) is 0.113. The highest BCUT2D eigenvalue weighted by molar-refractivity contribution is 5.90. The Morgan fingerprint density at radius 1 is 1.22 bits per heavy atom. The summed E-state index contributed by atoms with van der Waals surface area (Å²) in [5, 5.41) is 67.9. The van der Waals surface area contributed by atoms with E-state index in [-0.39, 0.29) is 37.4 Å². The Morgan fingerprint density at radius 2 is 1.96 bits per heavy atom. The number of carbonyl (C=O) groups excluding carboxylic acids is 1. The molecule has 2 saturated carbocycles. The Bertz CT molecular complexity index is 1630. The molecule has 2 aliphatic heterocycles. The molecule has 7 N–H and O–H groups in total. The molecule has 2 bridgehead atoms. The Hall–Kier alpha value is -3.04. The van der Waals surface area contributed by atoms with Crippen LogP contribution in [0.5, 0.6) is 0 Å². The predicted octanol–water partition coefficient (Wildman–Crippen LogP) is 0.856. The first-order valence-corrected chi connectivity index (χ1v) is 17.8. The fraction of sp³-hybridized carbons (Fsp3) is 0.676. The van der Waals surface area contributed by atoms with E-state index in [4.69, 9.17) is 18.9 Å². The monoisotopic (exact) mass is 701 g/mol. The zero-order valence-electron chi connectivity index (χ0n) is 28.8. The van der Waals surface area contributed by atoms with Crippen LogP contribution in [0.2, 0.25) is 0 Å². The van der Waals surface area contributed by atoms with E-state index in [0.717, 1.165) is 29.1 Å². The van der Waals surface area contributed by atoms with Gasteiger partial charge in [-0.3, -0.25) is 4.79 Å². The van der Waals surface area contributed by atoms with Crippen LogP contribution in [0.25, 0.3) is 11.3 Å². The van der Waals surface area contributed by atoms with Gasteiger partial charge in [0, 0.05) is 41.3 Å². The molecular formula is C37H51NO12. The van der Waals surface area contributed by atoms with Crippen LogP contribution in [-0.4, -0.2) is 110 Å². The van der Waals surface area contributed by atoms with Gasteiger partial charge in [0.05, 0.1) is 31.6 Å². The number of aliphatic carboxylic acids is 1. The number of methoxy groups -OCH3 is 1.